The Morgan fingerprint density at radius 3 is 2.62 bits per heavy atom. The van der Waals surface area contributed by atoms with Crippen molar-refractivity contribution in [2.75, 3.05) is 0 Å². The molecule has 0 bridgehead atoms. The van der Waals surface area contributed by atoms with Crippen LogP contribution in [0.25, 0.3) is 11.3 Å². The Bertz CT molecular complexity index is 1150. The van der Waals surface area contributed by atoms with E-state index < -0.39 is 5.92 Å². The lowest BCUT2D eigenvalue weighted by atomic mass is 9.87. The fraction of sp³-hybridized carbons (Fsp3) is 0.200. The van der Waals surface area contributed by atoms with Crippen LogP contribution in [0.5, 0.6) is 5.88 Å². The fourth-order valence-electron chi connectivity index (χ4n) is 3.45. The number of aryl methyl sites for hydroxylation is 1. The number of fused-ring (bicyclic) bond motifs is 1. The van der Waals surface area contributed by atoms with E-state index in [9.17, 15) is 5.26 Å². The average Bonchev–Trinajstić information content (AvgIpc) is 3.28. The van der Waals surface area contributed by atoms with Crippen molar-refractivity contribution in [2.24, 2.45) is 5.73 Å². The molecule has 3 aromatic rings. The van der Waals surface area contributed by atoms with Gasteiger partial charge in [-0.1, -0.05) is 48.1 Å². The number of allylic oxidation sites excluding steroid dienone is 1. The molecule has 1 aliphatic heterocycles. The van der Waals surface area contributed by atoms with Crippen LogP contribution in [0.4, 0.5) is 0 Å². The standard InChI is InChI=1S/C20H15Cl3N4O2/c1-2-3-13-18-16(10(8-24)19(25)29-20(18)27-26-13)14-4-5-15(28-14)17-11(22)6-9(21)7-12(17)23/h4-7,16H,2-3,25H2,1H3,(H,26,27). The first kappa shape index (κ1) is 19.7. The van der Waals surface area contributed by atoms with Crippen molar-refractivity contribution in [3.63, 3.8) is 0 Å². The van der Waals surface area contributed by atoms with Gasteiger partial charge in [0, 0.05) is 10.7 Å². The first-order valence-electron chi connectivity index (χ1n) is 8.84. The smallest absolute Gasteiger partial charge is 0.244 e. The summed E-state index contributed by atoms with van der Waals surface area (Å²) in [4.78, 5) is 0. The molecule has 9 heteroatoms. The number of aromatic amines is 1. The van der Waals surface area contributed by atoms with Gasteiger partial charge in [0.05, 0.1) is 27.1 Å². The molecule has 1 aliphatic rings. The van der Waals surface area contributed by atoms with Gasteiger partial charge in [-0.25, -0.2) is 0 Å². The van der Waals surface area contributed by atoms with Crippen LogP contribution >= 0.6 is 34.8 Å². The number of furan rings is 1. The minimum atomic E-state index is -0.553. The lowest BCUT2D eigenvalue weighted by Crippen LogP contribution is -2.21. The van der Waals surface area contributed by atoms with Gasteiger partial charge in [0.1, 0.15) is 23.2 Å². The minimum absolute atomic E-state index is 0.0000520. The summed E-state index contributed by atoms with van der Waals surface area (Å²) in [6.07, 6.45) is 1.63. The molecular formula is C20H15Cl3N4O2. The van der Waals surface area contributed by atoms with E-state index >= 15 is 0 Å². The van der Waals surface area contributed by atoms with E-state index in [0.717, 1.165) is 24.1 Å². The Balaban J connectivity index is 1.86. The molecule has 3 heterocycles. The number of ether oxygens (including phenoxy) is 1. The highest BCUT2D eigenvalue weighted by molar-refractivity contribution is 6.41. The van der Waals surface area contributed by atoms with Crippen LogP contribution in [0.3, 0.4) is 0 Å². The van der Waals surface area contributed by atoms with Gasteiger partial charge in [0.25, 0.3) is 0 Å². The molecule has 3 N–H and O–H groups in total. The molecule has 2 aromatic heterocycles. The lowest BCUT2D eigenvalue weighted by Gasteiger charge is -2.22. The van der Waals surface area contributed by atoms with Crippen LogP contribution in [0.1, 0.15) is 36.3 Å². The quantitative estimate of drug-likeness (QED) is 0.524. The van der Waals surface area contributed by atoms with E-state index in [1.807, 2.05) is 0 Å². The Kier molecular flexibility index (Phi) is 5.22. The predicted molar refractivity (Wildman–Crippen MR) is 111 cm³/mol. The summed E-state index contributed by atoms with van der Waals surface area (Å²) in [7, 11) is 0. The summed E-state index contributed by atoms with van der Waals surface area (Å²) in [5.74, 6) is 0.749. The third-order valence-corrected chi connectivity index (χ3v) is 5.50. The fourth-order valence-corrected chi connectivity index (χ4v) is 4.46. The van der Waals surface area contributed by atoms with Gasteiger partial charge in [-0.15, -0.1) is 5.10 Å². The molecule has 0 radical (unpaired) electrons. The first-order valence-corrected chi connectivity index (χ1v) is 9.97. The summed E-state index contributed by atoms with van der Waals surface area (Å²) in [5, 5.41) is 18.1. The maximum Gasteiger partial charge on any atom is 0.244 e. The number of aromatic nitrogens is 2. The Labute approximate surface area is 181 Å². The van der Waals surface area contributed by atoms with Crippen LogP contribution in [-0.4, -0.2) is 10.2 Å². The molecular weight excluding hydrogens is 435 g/mol. The maximum absolute atomic E-state index is 9.72. The number of benzene rings is 1. The zero-order chi connectivity index (χ0) is 20.7. The molecule has 0 saturated carbocycles. The van der Waals surface area contributed by atoms with Crippen molar-refractivity contribution in [3.05, 3.63) is 67.8 Å². The van der Waals surface area contributed by atoms with Crippen LogP contribution in [0.15, 0.2) is 40.1 Å². The summed E-state index contributed by atoms with van der Waals surface area (Å²) in [5.41, 5.74) is 8.37. The molecule has 1 unspecified atom stereocenters. The van der Waals surface area contributed by atoms with Crippen LogP contribution in [-0.2, 0) is 6.42 Å². The number of nitrogens with two attached hydrogens (primary N) is 1. The summed E-state index contributed by atoms with van der Waals surface area (Å²) >= 11 is 18.7. The number of nitrogens with zero attached hydrogens (tertiary/aromatic N) is 2. The Morgan fingerprint density at radius 2 is 1.97 bits per heavy atom. The van der Waals surface area contributed by atoms with Crippen molar-refractivity contribution >= 4 is 34.8 Å². The number of nitriles is 1. The number of halogens is 3. The van der Waals surface area contributed by atoms with Crippen molar-refractivity contribution in [2.45, 2.75) is 25.7 Å². The normalized spacial score (nSPS) is 15.8. The zero-order valence-corrected chi connectivity index (χ0v) is 17.5. The molecule has 1 aromatic carbocycles. The third kappa shape index (κ3) is 3.36. The van der Waals surface area contributed by atoms with Gasteiger partial charge in [-0.3, -0.25) is 5.10 Å². The molecule has 4 rings (SSSR count). The summed E-state index contributed by atoms with van der Waals surface area (Å²) in [6.45, 7) is 2.05. The Hall–Kier alpha value is -2.59. The van der Waals surface area contributed by atoms with E-state index in [0.29, 0.717) is 38.0 Å². The van der Waals surface area contributed by atoms with Crippen LogP contribution < -0.4 is 10.5 Å². The van der Waals surface area contributed by atoms with Crippen LogP contribution in [0.2, 0.25) is 15.1 Å². The monoisotopic (exact) mass is 448 g/mol. The van der Waals surface area contributed by atoms with Gasteiger partial charge < -0.3 is 14.9 Å². The lowest BCUT2D eigenvalue weighted by molar-refractivity contribution is 0.371. The minimum Gasteiger partial charge on any atom is -0.460 e. The van der Waals surface area contributed by atoms with Crippen molar-refractivity contribution in [1.82, 2.24) is 10.2 Å². The van der Waals surface area contributed by atoms with Gasteiger partial charge in [0.15, 0.2) is 0 Å². The molecule has 0 aliphatic carbocycles. The summed E-state index contributed by atoms with van der Waals surface area (Å²) < 4.78 is 11.7. The van der Waals surface area contributed by atoms with Crippen molar-refractivity contribution in [1.29, 1.82) is 5.26 Å². The molecule has 1 atom stereocenters. The van der Waals surface area contributed by atoms with Gasteiger partial charge in [-0.2, -0.15) is 5.26 Å². The molecule has 0 spiro atoms. The van der Waals surface area contributed by atoms with E-state index in [4.69, 9.17) is 49.7 Å². The average molecular weight is 450 g/mol. The second-order valence-corrected chi connectivity index (χ2v) is 7.79. The molecule has 148 valence electrons. The molecule has 0 fully saturated rings. The SMILES string of the molecule is CCCc1[nH]nc2c1C(c1ccc(-c3c(Cl)cc(Cl)cc3Cl)o1)C(C#N)=C(N)O2. The number of hydrogen-bond acceptors (Lipinski definition) is 5. The largest absolute Gasteiger partial charge is 0.460 e. The zero-order valence-electron chi connectivity index (χ0n) is 15.2. The van der Waals surface area contributed by atoms with Gasteiger partial charge >= 0.3 is 0 Å². The van der Waals surface area contributed by atoms with Crippen LogP contribution in [0, 0.1) is 11.3 Å². The summed E-state index contributed by atoms with van der Waals surface area (Å²) in [6, 6.07) is 8.83. The predicted octanol–water partition coefficient (Wildman–Crippen LogP) is 5.80. The molecule has 6 nitrogen and oxygen atoms in total. The van der Waals surface area contributed by atoms with E-state index in [-0.39, 0.29) is 11.5 Å². The molecule has 0 amide bonds. The number of hydrogen-bond donors (Lipinski definition) is 2. The molecule has 29 heavy (non-hydrogen) atoms. The number of H-pyrrole nitrogens is 1. The number of rotatable bonds is 4. The van der Waals surface area contributed by atoms with E-state index in [2.05, 4.69) is 23.2 Å². The van der Waals surface area contributed by atoms with E-state index in [1.54, 1.807) is 24.3 Å². The highest BCUT2D eigenvalue weighted by Crippen LogP contribution is 2.45. The maximum atomic E-state index is 9.72. The molecule has 0 saturated heterocycles. The van der Waals surface area contributed by atoms with Crippen molar-refractivity contribution < 1.29 is 9.15 Å². The van der Waals surface area contributed by atoms with Crippen molar-refractivity contribution in [3.8, 4) is 23.3 Å². The Morgan fingerprint density at radius 1 is 1.24 bits per heavy atom. The van der Waals surface area contributed by atoms with Gasteiger partial charge in [-0.05, 0) is 30.7 Å². The first-order chi connectivity index (χ1) is 13.9. The topological polar surface area (TPSA) is 101 Å². The van der Waals surface area contributed by atoms with Gasteiger partial charge in [0.2, 0.25) is 11.8 Å². The highest BCUT2D eigenvalue weighted by atomic mass is 35.5. The number of nitrogens with one attached hydrogen (secondary N) is 1. The van der Waals surface area contributed by atoms with E-state index in [1.165, 1.54) is 0 Å². The highest BCUT2D eigenvalue weighted by Gasteiger charge is 2.37. The second kappa shape index (κ2) is 7.68. The third-order valence-electron chi connectivity index (χ3n) is 4.68. The second-order valence-electron chi connectivity index (χ2n) is 6.54.